The van der Waals surface area contributed by atoms with Crippen LogP contribution in [0.1, 0.15) is 65.2 Å². The lowest BCUT2D eigenvalue weighted by Gasteiger charge is -2.05. The summed E-state index contributed by atoms with van der Waals surface area (Å²) in [6.45, 7) is 5.08. The molecule has 0 N–H and O–H groups in total. The second kappa shape index (κ2) is 12.5. The lowest BCUT2D eigenvalue weighted by molar-refractivity contribution is -0.156. The third-order valence-electron chi connectivity index (χ3n) is 2.43. The van der Waals surface area contributed by atoms with Gasteiger partial charge in [0.05, 0.1) is 6.61 Å². The fourth-order valence-electron chi connectivity index (χ4n) is 1.36. The van der Waals surface area contributed by atoms with Gasteiger partial charge in [-0.1, -0.05) is 46.0 Å². The monoisotopic (exact) mass is 230 g/mol. The minimum absolute atomic E-state index is 0.119. The zero-order chi connectivity index (χ0) is 12.1. The Morgan fingerprint density at radius 2 is 1.62 bits per heavy atom. The predicted molar refractivity (Wildman–Crippen MR) is 65.2 cm³/mol. The van der Waals surface area contributed by atoms with Gasteiger partial charge < -0.3 is 9.47 Å². The van der Waals surface area contributed by atoms with E-state index in [0.29, 0.717) is 13.0 Å². The van der Waals surface area contributed by atoms with E-state index in [1.165, 1.54) is 19.3 Å². The molecule has 0 radical (unpaired) electrons. The molecule has 0 aromatic carbocycles. The van der Waals surface area contributed by atoms with Crippen LogP contribution < -0.4 is 0 Å². The molecule has 0 aliphatic rings. The summed E-state index contributed by atoms with van der Waals surface area (Å²) in [5, 5.41) is 0. The first-order valence-corrected chi connectivity index (χ1v) is 6.54. The minimum Gasteiger partial charge on any atom is -0.438 e. The van der Waals surface area contributed by atoms with E-state index in [1.807, 2.05) is 0 Å². The molecule has 0 saturated carbocycles. The Labute approximate surface area is 99.5 Å². The molecule has 0 rings (SSSR count). The zero-order valence-corrected chi connectivity index (χ0v) is 10.8. The van der Waals surface area contributed by atoms with Gasteiger partial charge in [-0.15, -0.1) is 0 Å². The maximum absolute atomic E-state index is 11.2. The first-order valence-electron chi connectivity index (χ1n) is 6.54. The van der Waals surface area contributed by atoms with Gasteiger partial charge in [-0.2, -0.15) is 0 Å². The van der Waals surface area contributed by atoms with Crippen molar-refractivity contribution in [3.63, 3.8) is 0 Å². The van der Waals surface area contributed by atoms with Gasteiger partial charge in [0.1, 0.15) is 0 Å². The van der Waals surface area contributed by atoms with E-state index < -0.39 is 0 Å². The summed E-state index contributed by atoms with van der Waals surface area (Å²) in [6.07, 6.45) is 8.43. The summed E-state index contributed by atoms with van der Waals surface area (Å²) in [5.74, 6) is -0.131. The molecular formula is C13H26O3. The third kappa shape index (κ3) is 11.5. The van der Waals surface area contributed by atoms with Crippen molar-refractivity contribution in [3.8, 4) is 0 Å². The highest BCUT2D eigenvalue weighted by Crippen LogP contribution is 2.05. The van der Waals surface area contributed by atoms with Crippen molar-refractivity contribution < 1.29 is 14.3 Å². The molecule has 0 saturated heterocycles. The van der Waals surface area contributed by atoms with E-state index in [9.17, 15) is 4.79 Å². The van der Waals surface area contributed by atoms with Crippen molar-refractivity contribution in [1.29, 1.82) is 0 Å². The van der Waals surface area contributed by atoms with Crippen molar-refractivity contribution in [2.45, 2.75) is 65.2 Å². The number of ether oxygens (including phenoxy) is 2. The number of carbonyl (C=O) groups is 1. The Morgan fingerprint density at radius 3 is 2.31 bits per heavy atom. The molecule has 96 valence electrons. The quantitative estimate of drug-likeness (QED) is 0.309. The van der Waals surface area contributed by atoms with Crippen molar-refractivity contribution >= 4 is 5.97 Å². The molecule has 0 amide bonds. The number of hydrogen-bond donors (Lipinski definition) is 0. The largest absolute Gasteiger partial charge is 0.438 e. The molecule has 16 heavy (non-hydrogen) atoms. The zero-order valence-electron chi connectivity index (χ0n) is 10.8. The van der Waals surface area contributed by atoms with Crippen LogP contribution in [0.4, 0.5) is 0 Å². The maximum atomic E-state index is 11.2. The van der Waals surface area contributed by atoms with Crippen LogP contribution in [0.15, 0.2) is 0 Å². The number of unbranched alkanes of at least 4 members (excludes halogenated alkanes) is 5. The van der Waals surface area contributed by atoms with E-state index in [0.717, 1.165) is 25.7 Å². The van der Waals surface area contributed by atoms with Crippen LogP contribution >= 0.6 is 0 Å². The highest BCUT2D eigenvalue weighted by Gasteiger charge is 2.01. The van der Waals surface area contributed by atoms with Crippen molar-refractivity contribution in [1.82, 2.24) is 0 Å². The van der Waals surface area contributed by atoms with Crippen LogP contribution in [0.3, 0.4) is 0 Å². The number of carbonyl (C=O) groups excluding carboxylic acids is 1. The van der Waals surface area contributed by atoms with Gasteiger partial charge in [-0.25, -0.2) is 0 Å². The molecule has 3 nitrogen and oxygen atoms in total. The summed E-state index contributed by atoms with van der Waals surface area (Å²) in [7, 11) is 0. The molecule has 0 heterocycles. The lowest BCUT2D eigenvalue weighted by Crippen LogP contribution is -2.08. The van der Waals surface area contributed by atoms with Crippen LogP contribution in [0.5, 0.6) is 0 Å². The summed E-state index contributed by atoms with van der Waals surface area (Å²) in [5.41, 5.74) is 0. The molecule has 3 heteroatoms. The molecular weight excluding hydrogens is 204 g/mol. The second-order valence-electron chi connectivity index (χ2n) is 4.06. The first-order chi connectivity index (χ1) is 7.81. The Hall–Kier alpha value is -0.570. The molecule has 0 spiro atoms. The molecule has 0 aromatic heterocycles. The van der Waals surface area contributed by atoms with Crippen molar-refractivity contribution in [2.75, 3.05) is 13.4 Å². The van der Waals surface area contributed by atoms with E-state index in [4.69, 9.17) is 9.47 Å². The van der Waals surface area contributed by atoms with Crippen molar-refractivity contribution in [2.24, 2.45) is 0 Å². The van der Waals surface area contributed by atoms with E-state index >= 15 is 0 Å². The summed E-state index contributed by atoms with van der Waals surface area (Å²) in [6, 6.07) is 0. The molecule has 0 unspecified atom stereocenters. The SMILES string of the molecule is CCCCCCCC(=O)OCOCCCC. The van der Waals surface area contributed by atoms with E-state index in [2.05, 4.69) is 13.8 Å². The summed E-state index contributed by atoms with van der Waals surface area (Å²) < 4.78 is 10.1. The molecule has 0 fully saturated rings. The minimum atomic E-state index is -0.131. The first kappa shape index (κ1) is 15.4. The second-order valence-corrected chi connectivity index (χ2v) is 4.06. The number of rotatable bonds is 11. The normalized spacial score (nSPS) is 10.4. The smallest absolute Gasteiger partial charge is 0.307 e. The Bertz CT molecular complexity index is 141. The Balaban J connectivity index is 3.12. The van der Waals surface area contributed by atoms with E-state index in [1.54, 1.807) is 0 Å². The standard InChI is InChI=1S/C13H26O3/c1-3-5-7-8-9-10-13(14)16-12-15-11-6-4-2/h3-12H2,1-2H3. The molecule has 0 aliphatic carbocycles. The van der Waals surface area contributed by atoms with Gasteiger partial charge in [0.25, 0.3) is 0 Å². The summed E-state index contributed by atoms with van der Waals surface area (Å²) in [4.78, 5) is 11.2. The van der Waals surface area contributed by atoms with Crippen LogP contribution in [-0.4, -0.2) is 19.4 Å². The average molecular weight is 230 g/mol. The molecule has 0 aliphatic heterocycles. The highest BCUT2D eigenvalue weighted by molar-refractivity contribution is 5.69. The predicted octanol–water partition coefficient (Wildman–Crippen LogP) is 3.66. The van der Waals surface area contributed by atoms with Crippen LogP contribution in [0.25, 0.3) is 0 Å². The highest BCUT2D eigenvalue weighted by atomic mass is 16.7. The van der Waals surface area contributed by atoms with Gasteiger partial charge in [0.15, 0.2) is 6.79 Å². The maximum Gasteiger partial charge on any atom is 0.307 e. The van der Waals surface area contributed by atoms with Crippen LogP contribution in [-0.2, 0) is 14.3 Å². The average Bonchev–Trinajstić information content (AvgIpc) is 2.28. The van der Waals surface area contributed by atoms with Gasteiger partial charge in [-0.3, -0.25) is 4.79 Å². The molecule has 0 atom stereocenters. The Kier molecular flexibility index (Phi) is 12.1. The lowest BCUT2D eigenvalue weighted by atomic mass is 10.1. The Morgan fingerprint density at radius 1 is 0.938 bits per heavy atom. The fourth-order valence-corrected chi connectivity index (χ4v) is 1.36. The molecule has 0 aromatic rings. The number of hydrogen-bond acceptors (Lipinski definition) is 3. The number of esters is 1. The topological polar surface area (TPSA) is 35.5 Å². The van der Waals surface area contributed by atoms with Crippen LogP contribution in [0, 0.1) is 0 Å². The van der Waals surface area contributed by atoms with Crippen molar-refractivity contribution in [3.05, 3.63) is 0 Å². The molecule has 0 bridgehead atoms. The van der Waals surface area contributed by atoms with E-state index in [-0.39, 0.29) is 12.8 Å². The summed E-state index contributed by atoms with van der Waals surface area (Å²) >= 11 is 0. The van der Waals surface area contributed by atoms with Gasteiger partial charge in [-0.05, 0) is 12.8 Å². The van der Waals surface area contributed by atoms with Crippen LogP contribution in [0.2, 0.25) is 0 Å². The van der Waals surface area contributed by atoms with Gasteiger partial charge in [0.2, 0.25) is 0 Å². The third-order valence-corrected chi connectivity index (χ3v) is 2.43. The fraction of sp³-hybridized carbons (Fsp3) is 0.923. The van der Waals surface area contributed by atoms with Gasteiger partial charge >= 0.3 is 5.97 Å². The van der Waals surface area contributed by atoms with Gasteiger partial charge in [0, 0.05) is 6.42 Å².